The van der Waals surface area contributed by atoms with Crippen molar-refractivity contribution < 1.29 is 19.1 Å². The molecule has 1 aliphatic rings. The third-order valence-electron chi connectivity index (χ3n) is 3.15. The molecular formula is C14H18N2O4. The number of nitrogens with two attached hydrogens (primary N) is 1. The highest BCUT2D eigenvalue weighted by molar-refractivity contribution is 6.01. The summed E-state index contributed by atoms with van der Waals surface area (Å²) in [6.07, 6.45) is 0.830. The molecule has 0 saturated carbocycles. The fourth-order valence-electron chi connectivity index (χ4n) is 2.18. The van der Waals surface area contributed by atoms with Gasteiger partial charge in [0, 0.05) is 25.3 Å². The fourth-order valence-corrected chi connectivity index (χ4v) is 2.18. The van der Waals surface area contributed by atoms with Crippen LogP contribution in [0, 0.1) is 0 Å². The number of rotatable bonds is 5. The lowest BCUT2D eigenvalue weighted by atomic mass is 9.90. The number of piperidine rings is 1. The number of amides is 2. The maximum absolute atomic E-state index is 11.9. The van der Waals surface area contributed by atoms with E-state index in [0.29, 0.717) is 37.5 Å². The standard InChI is InChI=1S/C14H18N2O4/c1-19-4-5-20-11-7-9(6-10(15)8-11)12-2-3-13(17)16-14(12)18/h6-8,12H,2-5,15H2,1H3,(H,16,17,18). The Bertz CT molecular complexity index is 516. The topological polar surface area (TPSA) is 90.7 Å². The Hall–Kier alpha value is -2.08. The van der Waals surface area contributed by atoms with Crippen LogP contribution in [0.25, 0.3) is 0 Å². The van der Waals surface area contributed by atoms with Crippen molar-refractivity contribution in [2.75, 3.05) is 26.1 Å². The minimum atomic E-state index is -0.360. The van der Waals surface area contributed by atoms with Crippen LogP contribution in [0.15, 0.2) is 18.2 Å². The van der Waals surface area contributed by atoms with Crippen LogP contribution in [0.2, 0.25) is 0 Å². The van der Waals surface area contributed by atoms with E-state index in [-0.39, 0.29) is 17.7 Å². The number of anilines is 1. The highest BCUT2D eigenvalue weighted by Gasteiger charge is 2.28. The van der Waals surface area contributed by atoms with Crippen molar-refractivity contribution in [1.82, 2.24) is 5.32 Å². The molecule has 1 aromatic rings. The van der Waals surface area contributed by atoms with Crippen molar-refractivity contribution >= 4 is 17.5 Å². The number of carbonyl (C=O) groups excluding carboxylic acids is 2. The van der Waals surface area contributed by atoms with E-state index in [1.807, 2.05) is 0 Å². The summed E-state index contributed by atoms with van der Waals surface area (Å²) in [5, 5.41) is 2.34. The number of benzene rings is 1. The van der Waals surface area contributed by atoms with Gasteiger partial charge in [-0.25, -0.2) is 0 Å². The normalized spacial score (nSPS) is 18.8. The average Bonchev–Trinajstić information content (AvgIpc) is 2.38. The number of nitrogens with one attached hydrogen (secondary N) is 1. The van der Waals surface area contributed by atoms with Gasteiger partial charge >= 0.3 is 0 Å². The highest BCUT2D eigenvalue weighted by atomic mass is 16.5. The van der Waals surface area contributed by atoms with E-state index in [2.05, 4.69) is 5.32 Å². The van der Waals surface area contributed by atoms with Crippen LogP contribution >= 0.6 is 0 Å². The van der Waals surface area contributed by atoms with E-state index in [1.54, 1.807) is 25.3 Å². The molecule has 1 atom stereocenters. The number of imide groups is 1. The summed E-state index contributed by atoms with van der Waals surface area (Å²) in [5.74, 6) is -0.274. The van der Waals surface area contributed by atoms with Crippen LogP contribution < -0.4 is 15.8 Å². The summed E-state index contributed by atoms with van der Waals surface area (Å²) < 4.78 is 10.4. The molecule has 6 heteroatoms. The van der Waals surface area contributed by atoms with Gasteiger partial charge in [-0.3, -0.25) is 14.9 Å². The van der Waals surface area contributed by atoms with Gasteiger partial charge < -0.3 is 15.2 Å². The molecule has 20 heavy (non-hydrogen) atoms. The number of hydrogen-bond donors (Lipinski definition) is 2. The van der Waals surface area contributed by atoms with Gasteiger partial charge in [-0.1, -0.05) is 0 Å². The Kier molecular flexibility index (Phi) is 4.57. The van der Waals surface area contributed by atoms with Crippen molar-refractivity contribution in [3.05, 3.63) is 23.8 Å². The van der Waals surface area contributed by atoms with Crippen molar-refractivity contribution in [2.45, 2.75) is 18.8 Å². The zero-order valence-electron chi connectivity index (χ0n) is 11.3. The third kappa shape index (κ3) is 3.48. The number of nitrogen functional groups attached to an aromatic ring is 1. The minimum absolute atomic E-state index is 0.230. The molecule has 2 rings (SSSR count). The summed E-state index contributed by atoms with van der Waals surface area (Å²) in [7, 11) is 1.59. The molecule has 3 N–H and O–H groups in total. The smallest absolute Gasteiger partial charge is 0.234 e. The van der Waals surface area contributed by atoms with Crippen molar-refractivity contribution in [3.8, 4) is 5.75 Å². The monoisotopic (exact) mass is 278 g/mol. The second-order valence-corrected chi connectivity index (χ2v) is 4.68. The van der Waals surface area contributed by atoms with Crippen LogP contribution in [0.4, 0.5) is 5.69 Å². The lowest BCUT2D eigenvalue weighted by molar-refractivity contribution is -0.134. The molecule has 1 heterocycles. The summed E-state index contributed by atoms with van der Waals surface area (Å²) in [5.41, 5.74) is 7.13. The average molecular weight is 278 g/mol. The summed E-state index contributed by atoms with van der Waals surface area (Å²) in [6, 6.07) is 5.22. The zero-order chi connectivity index (χ0) is 14.5. The molecular weight excluding hydrogens is 260 g/mol. The first-order chi connectivity index (χ1) is 9.60. The van der Waals surface area contributed by atoms with E-state index < -0.39 is 0 Å². The summed E-state index contributed by atoms with van der Waals surface area (Å²) >= 11 is 0. The molecule has 0 spiro atoms. The second kappa shape index (κ2) is 6.38. The van der Waals surface area contributed by atoms with Gasteiger partial charge in [-0.15, -0.1) is 0 Å². The number of hydrogen-bond acceptors (Lipinski definition) is 5. The largest absolute Gasteiger partial charge is 0.491 e. The van der Waals surface area contributed by atoms with Gasteiger partial charge in [-0.05, 0) is 24.1 Å². The van der Waals surface area contributed by atoms with Gasteiger partial charge in [0.25, 0.3) is 0 Å². The van der Waals surface area contributed by atoms with Gasteiger partial charge in [0.1, 0.15) is 12.4 Å². The van der Waals surface area contributed by atoms with Crippen molar-refractivity contribution in [1.29, 1.82) is 0 Å². The van der Waals surface area contributed by atoms with Crippen LogP contribution in [-0.2, 0) is 14.3 Å². The van der Waals surface area contributed by atoms with Crippen LogP contribution in [0.5, 0.6) is 5.75 Å². The van der Waals surface area contributed by atoms with E-state index >= 15 is 0 Å². The Labute approximate surface area is 117 Å². The van der Waals surface area contributed by atoms with Crippen LogP contribution in [-0.4, -0.2) is 32.1 Å². The molecule has 6 nitrogen and oxygen atoms in total. The first kappa shape index (κ1) is 14.3. The first-order valence-corrected chi connectivity index (χ1v) is 6.46. The number of carbonyl (C=O) groups is 2. The molecule has 0 aromatic heterocycles. The Balaban J connectivity index is 2.14. The van der Waals surface area contributed by atoms with Gasteiger partial charge in [0.05, 0.1) is 12.5 Å². The second-order valence-electron chi connectivity index (χ2n) is 4.68. The highest BCUT2D eigenvalue weighted by Crippen LogP contribution is 2.29. The predicted molar refractivity (Wildman–Crippen MR) is 73.4 cm³/mol. The van der Waals surface area contributed by atoms with Gasteiger partial charge in [0.15, 0.2) is 0 Å². The van der Waals surface area contributed by atoms with Crippen molar-refractivity contribution in [2.24, 2.45) is 0 Å². The first-order valence-electron chi connectivity index (χ1n) is 6.46. The van der Waals surface area contributed by atoms with E-state index in [9.17, 15) is 9.59 Å². The van der Waals surface area contributed by atoms with E-state index in [0.717, 1.165) is 5.56 Å². The number of methoxy groups -OCH3 is 1. The quantitative estimate of drug-likeness (QED) is 0.472. The predicted octanol–water partition coefficient (Wildman–Crippen LogP) is 0.814. The molecule has 0 bridgehead atoms. The number of ether oxygens (including phenoxy) is 2. The molecule has 108 valence electrons. The van der Waals surface area contributed by atoms with E-state index in [4.69, 9.17) is 15.2 Å². The molecule has 2 amide bonds. The maximum atomic E-state index is 11.9. The van der Waals surface area contributed by atoms with Gasteiger partial charge in [-0.2, -0.15) is 0 Å². The minimum Gasteiger partial charge on any atom is -0.491 e. The molecule has 1 fully saturated rings. The summed E-state index contributed by atoms with van der Waals surface area (Å²) in [6.45, 7) is 0.886. The van der Waals surface area contributed by atoms with Crippen molar-refractivity contribution in [3.63, 3.8) is 0 Å². The Morgan fingerprint density at radius 1 is 1.30 bits per heavy atom. The molecule has 1 aromatic carbocycles. The molecule has 1 saturated heterocycles. The zero-order valence-corrected chi connectivity index (χ0v) is 11.3. The van der Waals surface area contributed by atoms with E-state index in [1.165, 1.54) is 0 Å². The van der Waals surface area contributed by atoms with Crippen LogP contribution in [0.1, 0.15) is 24.3 Å². The molecule has 1 aliphatic heterocycles. The summed E-state index contributed by atoms with van der Waals surface area (Å²) in [4.78, 5) is 23.0. The fraction of sp³-hybridized carbons (Fsp3) is 0.429. The van der Waals surface area contributed by atoms with Gasteiger partial charge in [0.2, 0.25) is 11.8 Å². The van der Waals surface area contributed by atoms with Crippen LogP contribution in [0.3, 0.4) is 0 Å². The Morgan fingerprint density at radius 2 is 2.10 bits per heavy atom. The Morgan fingerprint density at radius 3 is 2.80 bits per heavy atom. The molecule has 1 unspecified atom stereocenters. The lowest BCUT2D eigenvalue weighted by Gasteiger charge is -2.22. The maximum Gasteiger partial charge on any atom is 0.234 e. The lowest BCUT2D eigenvalue weighted by Crippen LogP contribution is -2.39. The molecule has 0 radical (unpaired) electrons. The SMILES string of the molecule is COCCOc1cc(N)cc(C2CCC(=O)NC2=O)c1. The molecule has 0 aliphatic carbocycles. The third-order valence-corrected chi connectivity index (χ3v) is 3.15.